The van der Waals surface area contributed by atoms with Crippen molar-refractivity contribution in [2.75, 3.05) is 31.5 Å². The summed E-state index contributed by atoms with van der Waals surface area (Å²) in [4.78, 5) is 25.0. The van der Waals surface area contributed by atoms with E-state index in [-0.39, 0.29) is 5.82 Å². The first-order valence-electron chi connectivity index (χ1n) is 12.4. The van der Waals surface area contributed by atoms with Crippen LogP contribution in [0.25, 0.3) is 5.65 Å². The molecular weight excluding hydrogens is 471 g/mol. The number of pyridine rings is 3. The Morgan fingerprint density at radius 2 is 2.05 bits per heavy atom. The predicted molar refractivity (Wildman–Crippen MR) is 141 cm³/mol. The van der Waals surface area contributed by atoms with Crippen LogP contribution in [0, 0.1) is 5.82 Å². The summed E-state index contributed by atoms with van der Waals surface area (Å²) < 4.78 is 14.9. The lowest BCUT2D eigenvalue weighted by molar-refractivity contribution is 0.357. The fourth-order valence-corrected chi connectivity index (χ4v) is 4.58. The summed E-state index contributed by atoms with van der Waals surface area (Å²) in [5.41, 5.74) is 4.54. The first kappa shape index (κ1) is 23.2. The molecule has 4 aromatic heterocycles. The summed E-state index contributed by atoms with van der Waals surface area (Å²) >= 11 is 0. The van der Waals surface area contributed by atoms with Gasteiger partial charge in [0.1, 0.15) is 17.5 Å². The molecule has 1 saturated carbocycles. The van der Waals surface area contributed by atoms with Gasteiger partial charge in [-0.15, -0.1) is 5.10 Å². The van der Waals surface area contributed by atoms with Gasteiger partial charge in [-0.3, -0.25) is 15.0 Å². The van der Waals surface area contributed by atoms with Crippen LogP contribution in [0.1, 0.15) is 35.4 Å². The SMILES string of the molecule is C=Nc1cncc(C2CC2)c1C(=NCc1ccnc(Nc2nc3ccc(F)cn3n2)c1)N1CCNCC1. The lowest BCUT2D eigenvalue weighted by Gasteiger charge is -2.32. The van der Waals surface area contributed by atoms with Crippen molar-refractivity contribution >= 4 is 35.7 Å². The summed E-state index contributed by atoms with van der Waals surface area (Å²) in [6, 6.07) is 6.79. The summed E-state index contributed by atoms with van der Waals surface area (Å²) in [6.07, 6.45) is 9.06. The number of hydrogen-bond donors (Lipinski definition) is 2. The van der Waals surface area contributed by atoms with Crippen LogP contribution in [-0.4, -0.2) is 68.2 Å². The van der Waals surface area contributed by atoms with E-state index < -0.39 is 0 Å². The Hall–Kier alpha value is -4.25. The van der Waals surface area contributed by atoms with Gasteiger partial charge < -0.3 is 15.5 Å². The van der Waals surface area contributed by atoms with Crippen molar-refractivity contribution in [3.8, 4) is 0 Å². The molecule has 6 rings (SSSR count). The third kappa shape index (κ3) is 5.03. The number of nitrogens with one attached hydrogen (secondary N) is 2. The normalized spacial score (nSPS) is 16.2. The van der Waals surface area contributed by atoms with Crippen LogP contribution in [-0.2, 0) is 6.54 Å². The molecule has 0 bridgehead atoms. The molecule has 2 N–H and O–H groups in total. The molecule has 37 heavy (non-hydrogen) atoms. The van der Waals surface area contributed by atoms with Gasteiger partial charge in [-0.2, -0.15) is 4.98 Å². The monoisotopic (exact) mass is 498 g/mol. The first-order chi connectivity index (χ1) is 18.2. The zero-order valence-electron chi connectivity index (χ0n) is 20.3. The minimum atomic E-state index is -0.379. The Labute approximate surface area is 213 Å². The second-order valence-corrected chi connectivity index (χ2v) is 9.19. The summed E-state index contributed by atoms with van der Waals surface area (Å²) in [6.45, 7) is 7.80. The molecule has 0 unspecified atom stereocenters. The number of amidine groups is 1. The average Bonchev–Trinajstić information content (AvgIpc) is 3.70. The Balaban J connectivity index is 1.30. The van der Waals surface area contributed by atoms with E-state index in [4.69, 9.17) is 4.99 Å². The molecule has 188 valence electrons. The minimum absolute atomic E-state index is 0.341. The predicted octanol–water partition coefficient (Wildman–Crippen LogP) is 3.46. The molecule has 1 saturated heterocycles. The lowest BCUT2D eigenvalue weighted by Crippen LogP contribution is -2.47. The molecule has 0 spiro atoms. The van der Waals surface area contributed by atoms with Gasteiger partial charge in [0.2, 0.25) is 5.95 Å². The van der Waals surface area contributed by atoms with Crippen LogP contribution in [0.5, 0.6) is 0 Å². The molecule has 11 heteroatoms. The standard InChI is InChI=1S/C26H27FN10/c1-28-21-15-30-14-20(18-2-3-18)24(21)25(36-10-8-29-9-11-36)32-13-17-6-7-31-22(12-17)33-26-34-23-5-4-19(27)16-37(23)35-26/h4-7,12,14-16,18,29H,1-3,8-11,13H2,(H,31,33,35). The molecule has 0 atom stereocenters. The highest BCUT2D eigenvalue weighted by Crippen LogP contribution is 2.43. The minimum Gasteiger partial charge on any atom is -0.354 e. The third-order valence-corrected chi connectivity index (χ3v) is 6.55. The molecule has 0 aromatic carbocycles. The molecule has 0 radical (unpaired) electrons. The number of fused-ring (bicyclic) bond motifs is 1. The van der Waals surface area contributed by atoms with E-state index in [1.54, 1.807) is 18.5 Å². The molecule has 5 heterocycles. The Bertz CT molecular complexity index is 1470. The molecular formula is C26H27FN10. The number of rotatable bonds is 7. The van der Waals surface area contributed by atoms with Crippen molar-refractivity contribution in [2.45, 2.75) is 25.3 Å². The Morgan fingerprint density at radius 3 is 2.86 bits per heavy atom. The molecule has 4 aromatic rings. The highest BCUT2D eigenvalue weighted by Gasteiger charge is 2.31. The molecule has 1 aliphatic carbocycles. The number of halogens is 1. The zero-order valence-corrected chi connectivity index (χ0v) is 20.3. The number of aromatic nitrogens is 5. The van der Waals surface area contributed by atoms with Gasteiger partial charge in [0.25, 0.3) is 0 Å². The van der Waals surface area contributed by atoms with Gasteiger partial charge in [-0.05, 0) is 60.9 Å². The van der Waals surface area contributed by atoms with Crippen LogP contribution in [0.4, 0.5) is 21.8 Å². The van der Waals surface area contributed by atoms with Gasteiger partial charge in [0, 0.05) is 44.1 Å². The van der Waals surface area contributed by atoms with E-state index >= 15 is 0 Å². The molecule has 0 amide bonds. The van der Waals surface area contributed by atoms with Crippen LogP contribution in [0.15, 0.2) is 59.0 Å². The van der Waals surface area contributed by atoms with Crippen LogP contribution < -0.4 is 10.6 Å². The number of aliphatic imine (C=N–C) groups is 2. The largest absolute Gasteiger partial charge is 0.354 e. The van der Waals surface area contributed by atoms with Crippen molar-refractivity contribution in [1.29, 1.82) is 0 Å². The topological polar surface area (TPSA) is 108 Å². The van der Waals surface area contributed by atoms with Gasteiger partial charge in [-0.25, -0.2) is 13.9 Å². The maximum absolute atomic E-state index is 13.5. The first-order valence-corrected chi connectivity index (χ1v) is 12.4. The second kappa shape index (κ2) is 10.0. The molecule has 2 aliphatic rings. The molecule has 1 aliphatic heterocycles. The molecule has 2 fully saturated rings. The van der Waals surface area contributed by atoms with Crippen molar-refractivity contribution in [1.82, 2.24) is 34.8 Å². The van der Waals surface area contributed by atoms with Crippen molar-refractivity contribution < 1.29 is 4.39 Å². The number of nitrogens with zero attached hydrogens (tertiary/aromatic N) is 8. The van der Waals surface area contributed by atoms with Gasteiger partial charge in [0.15, 0.2) is 5.65 Å². The number of anilines is 2. The van der Waals surface area contributed by atoms with E-state index in [1.807, 2.05) is 18.3 Å². The van der Waals surface area contributed by atoms with Crippen LogP contribution in [0.3, 0.4) is 0 Å². The Kier molecular flexibility index (Phi) is 6.27. The fourth-order valence-electron chi connectivity index (χ4n) is 4.58. The van der Waals surface area contributed by atoms with E-state index in [0.29, 0.717) is 29.9 Å². The maximum Gasteiger partial charge on any atom is 0.248 e. The third-order valence-electron chi connectivity index (χ3n) is 6.55. The quantitative estimate of drug-likeness (QED) is 0.297. The van der Waals surface area contributed by atoms with E-state index in [9.17, 15) is 4.39 Å². The number of hydrogen-bond acceptors (Lipinski definition) is 8. The van der Waals surface area contributed by atoms with Gasteiger partial charge in [0.05, 0.1) is 24.6 Å². The number of piperazine rings is 1. The maximum atomic E-state index is 13.5. The van der Waals surface area contributed by atoms with Crippen LogP contribution >= 0.6 is 0 Å². The zero-order chi connectivity index (χ0) is 25.2. The average molecular weight is 499 g/mol. The van der Waals surface area contributed by atoms with Crippen molar-refractivity contribution in [3.05, 3.63) is 71.6 Å². The summed E-state index contributed by atoms with van der Waals surface area (Å²) in [5.74, 6) is 1.98. The summed E-state index contributed by atoms with van der Waals surface area (Å²) in [5, 5.41) is 10.8. The highest BCUT2D eigenvalue weighted by atomic mass is 19.1. The molecule has 10 nitrogen and oxygen atoms in total. The van der Waals surface area contributed by atoms with Gasteiger partial charge >= 0.3 is 0 Å². The smallest absolute Gasteiger partial charge is 0.248 e. The fraction of sp³-hybridized carbons (Fsp3) is 0.308. The van der Waals surface area contributed by atoms with E-state index in [0.717, 1.165) is 61.7 Å². The van der Waals surface area contributed by atoms with Crippen molar-refractivity contribution in [2.24, 2.45) is 9.98 Å². The summed E-state index contributed by atoms with van der Waals surface area (Å²) in [7, 11) is 0. The van der Waals surface area contributed by atoms with Crippen molar-refractivity contribution in [3.63, 3.8) is 0 Å². The highest BCUT2D eigenvalue weighted by molar-refractivity contribution is 6.04. The van der Waals surface area contributed by atoms with Crippen LogP contribution in [0.2, 0.25) is 0 Å². The van der Waals surface area contributed by atoms with Gasteiger partial charge in [-0.1, -0.05) is 0 Å². The van der Waals surface area contributed by atoms with E-state index in [1.165, 1.54) is 22.3 Å². The van der Waals surface area contributed by atoms with E-state index in [2.05, 4.69) is 47.3 Å². The Morgan fingerprint density at radius 1 is 1.19 bits per heavy atom. The second-order valence-electron chi connectivity index (χ2n) is 9.19. The lowest BCUT2D eigenvalue weighted by atomic mass is 10.0.